The third-order valence-corrected chi connectivity index (χ3v) is 7.79. The molecule has 1 aliphatic heterocycles. The van der Waals surface area contributed by atoms with Gasteiger partial charge in [0.1, 0.15) is 18.2 Å². The van der Waals surface area contributed by atoms with Crippen LogP contribution in [0.1, 0.15) is 35.2 Å². The van der Waals surface area contributed by atoms with Crippen LogP contribution >= 0.6 is 0 Å². The average Bonchev–Trinajstić information content (AvgIpc) is 3.41. The van der Waals surface area contributed by atoms with E-state index in [2.05, 4.69) is 32.3 Å². The molecule has 0 saturated carbocycles. The lowest BCUT2D eigenvalue weighted by Crippen LogP contribution is -2.31. The van der Waals surface area contributed by atoms with E-state index in [1.54, 1.807) is 25.1 Å². The molecule has 0 saturated heterocycles. The summed E-state index contributed by atoms with van der Waals surface area (Å²) in [6.07, 6.45) is 0. The summed E-state index contributed by atoms with van der Waals surface area (Å²) in [5.41, 5.74) is 3.66. The Bertz CT molecular complexity index is 1480. The van der Waals surface area contributed by atoms with Gasteiger partial charge in [-0.1, -0.05) is 43.0 Å². The Morgan fingerprint density at radius 2 is 1.80 bits per heavy atom. The number of nitrogens with one attached hydrogen (secondary N) is 3. The zero-order valence-corrected chi connectivity index (χ0v) is 23.8. The van der Waals surface area contributed by atoms with Crippen molar-refractivity contribution in [1.82, 2.24) is 10.6 Å². The number of benzene rings is 3. The maximum absolute atomic E-state index is 14.0. The lowest BCUT2D eigenvalue weighted by atomic mass is 10.1. The number of fused-ring (bicyclic) bond motifs is 1. The molecule has 220 valence electrons. The van der Waals surface area contributed by atoms with Crippen molar-refractivity contribution in [3.63, 3.8) is 0 Å². The van der Waals surface area contributed by atoms with Gasteiger partial charge in [-0.05, 0) is 41.8 Å². The van der Waals surface area contributed by atoms with Crippen molar-refractivity contribution in [1.29, 1.82) is 0 Å². The number of carbonyl (C=O) groups is 1. The Balaban J connectivity index is 0.000000587. The predicted octanol–water partition coefficient (Wildman–Crippen LogP) is 5.34. The van der Waals surface area contributed by atoms with Gasteiger partial charge < -0.3 is 25.6 Å². The molecule has 3 N–H and O–H groups in total. The van der Waals surface area contributed by atoms with Crippen molar-refractivity contribution in [2.24, 2.45) is 0 Å². The molecule has 1 heterocycles. The topological polar surface area (TPSA) is 115 Å². The Hall–Kier alpha value is -4.00. The first kappa shape index (κ1) is 31.5. The Morgan fingerprint density at radius 1 is 1.07 bits per heavy atom. The van der Waals surface area contributed by atoms with Gasteiger partial charge >= 0.3 is 6.03 Å². The van der Waals surface area contributed by atoms with Crippen LogP contribution in [0.5, 0.6) is 5.75 Å². The highest BCUT2D eigenvalue weighted by Crippen LogP contribution is 2.30. The van der Waals surface area contributed by atoms with E-state index in [1.807, 2.05) is 18.2 Å². The summed E-state index contributed by atoms with van der Waals surface area (Å²) in [7, 11) is -0.953. The standard InChI is InChI=1S/C25H26FN3O4S.C4H7FO2/c1-16(21-5-3-4-6-22(21)26)28-25(30)29-23-10-9-20(12-24(23)33-2)34(31,32)15-17-7-8-18-13-27-14-19(18)11-17;1-4(3-5)7-6-2/h3-12,16,27H,13-15H2,1-2H3,(H2,28,29,30);1,3H2,2H3. The van der Waals surface area contributed by atoms with Gasteiger partial charge in [0, 0.05) is 24.7 Å². The second-order valence-corrected chi connectivity index (χ2v) is 11.1. The molecule has 41 heavy (non-hydrogen) atoms. The number of methoxy groups -OCH3 is 1. The fraction of sp³-hybridized carbons (Fsp3) is 0.276. The number of carbonyl (C=O) groups excluding carboxylic acids is 1. The molecule has 4 rings (SSSR count). The normalized spacial score (nSPS) is 12.8. The lowest BCUT2D eigenvalue weighted by Gasteiger charge is -2.17. The van der Waals surface area contributed by atoms with Crippen molar-refractivity contribution in [3.05, 3.63) is 101 Å². The minimum Gasteiger partial charge on any atom is -0.495 e. The van der Waals surface area contributed by atoms with Crippen molar-refractivity contribution in [2.45, 2.75) is 36.7 Å². The van der Waals surface area contributed by atoms with E-state index in [1.165, 1.54) is 44.0 Å². The predicted molar refractivity (Wildman–Crippen MR) is 151 cm³/mol. The number of anilines is 1. The number of halogens is 2. The molecule has 2 amide bonds. The number of urea groups is 1. The molecule has 0 radical (unpaired) electrons. The first-order valence-electron chi connectivity index (χ1n) is 12.6. The van der Waals surface area contributed by atoms with Crippen LogP contribution in [0, 0.1) is 5.82 Å². The quantitative estimate of drug-likeness (QED) is 0.166. The van der Waals surface area contributed by atoms with Gasteiger partial charge in [0.15, 0.2) is 15.6 Å². The number of amides is 2. The summed E-state index contributed by atoms with van der Waals surface area (Å²) in [5.74, 6) is -0.367. The van der Waals surface area contributed by atoms with Crippen molar-refractivity contribution in [2.75, 3.05) is 26.2 Å². The van der Waals surface area contributed by atoms with E-state index in [-0.39, 0.29) is 22.2 Å². The number of alkyl halides is 1. The molecule has 12 heteroatoms. The zero-order valence-electron chi connectivity index (χ0n) is 23.0. The van der Waals surface area contributed by atoms with Crippen LogP contribution in [0.25, 0.3) is 0 Å². The van der Waals surface area contributed by atoms with E-state index in [9.17, 15) is 22.0 Å². The van der Waals surface area contributed by atoms with Gasteiger partial charge in [-0.25, -0.2) is 22.0 Å². The maximum Gasteiger partial charge on any atom is 0.319 e. The van der Waals surface area contributed by atoms with Gasteiger partial charge in [0.05, 0.1) is 36.6 Å². The molecule has 1 atom stereocenters. The zero-order chi connectivity index (χ0) is 30.0. The van der Waals surface area contributed by atoms with Crippen LogP contribution < -0.4 is 20.7 Å². The number of ether oxygens (including phenoxy) is 1. The first-order valence-corrected chi connectivity index (χ1v) is 14.2. The van der Waals surface area contributed by atoms with Crippen molar-refractivity contribution < 1.29 is 36.5 Å². The summed E-state index contributed by atoms with van der Waals surface area (Å²) < 4.78 is 56.6. The SMILES string of the molecule is C=C(CF)OOC.COc1cc(S(=O)(=O)Cc2ccc3c(c2)CNC3)ccc1NC(=O)NC(C)c1ccccc1F. The highest BCUT2D eigenvalue weighted by molar-refractivity contribution is 7.90. The summed E-state index contributed by atoms with van der Waals surface area (Å²) >= 11 is 0. The smallest absolute Gasteiger partial charge is 0.319 e. The number of allylic oxidation sites excluding steroid dienone is 1. The highest BCUT2D eigenvalue weighted by atomic mass is 32.2. The van der Waals surface area contributed by atoms with Crippen molar-refractivity contribution >= 4 is 21.6 Å². The minimum absolute atomic E-state index is 0.0116. The van der Waals surface area contributed by atoms with Crippen LogP contribution in [0.4, 0.5) is 19.3 Å². The summed E-state index contributed by atoms with van der Waals surface area (Å²) in [5, 5.41) is 8.55. The second-order valence-electron chi connectivity index (χ2n) is 9.09. The van der Waals surface area contributed by atoms with E-state index < -0.39 is 34.4 Å². The van der Waals surface area contributed by atoms with E-state index >= 15 is 0 Å². The first-order chi connectivity index (χ1) is 19.6. The fourth-order valence-corrected chi connectivity index (χ4v) is 5.46. The molecule has 0 aliphatic carbocycles. The van der Waals surface area contributed by atoms with Crippen LogP contribution in [0.2, 0.25) is 0 Å². The van der Waals surface area contributed by atoms with Gasteiger partial charge in [-0.15, -0.1) is 0 Å². The van der Waals surface area contributed by atoms with Crippen LogP contribution in [-0.2, 0) is 38.5 Å². The average molecular weight is 590 g/mol. The molecule has 1 unspecified atom stereocenters. The van der Waals surface area contributed by atoms with E-state index in [0.29, 0.717) is 16.8 Å². The van der Waals surface area contributed by atoms with Gasteiger partial charge in [0.2, 0.25) is 0 Å². The third kappa shape index (κ3) is 8.74. The summed E-state index contributed by atoms with van der Waals surface area (Å²) in [4.78, 5) is 20.7. The fourth-order valence-electron chi connectivity index (χ4n) is 4.11. The molecule has 0 spiro atoms. The summed E-state index contributed by atoms with van der Waals surface area (Å²) in [6.45, 7) is 5.63. The number of sulfone groups is 1. The Morgan fingerprint density at radius 3 is 2.46 bits per heavy atom. The van der Waals surface area contributed by atoms with Gasteiger partial charge in [-0.3, -0.25) is 0 Å². The second kappa shape index (κ2) is 14.6. The molecule has 1 aliphatic rings. The van der Waals surface area contributed by atoms with Crippen LogP contribution in [0.3, 0.4) is 0 Å². The highest BCUT2D eigenvalue weighted by Gasteiger charge is 2.21. The van der Waals surface area contributed by atoms with E-state index in [0.717, 1.165) is 18.7 Å². The number of rotatable bonds is 10. The molecular weight excluding hydrogens is 556 g/mol. The van der Waals surface area contributed by atoms with Crippen molar-refractivity contribution in [3.8, 4) is 5.75 Å². The molecule has 3 aromatic rings. The van der Waals surface area contributed by atoms with Crippen LogP contribution in [0.15, 0.2) is 77.9 Å². The minimum atomic E-state index is -3.64. The number of hydrogen-bond acceptors (Lipinski definition) is 7. The monoisotopic (exact) mass is 589 g/mol. The molecule has 0 fully saturated rings. The van der Waals surface area contributed by atoms with Gasteiger partial charge in [-0.2, -0.15) is 4.89 Å². The van der Waals surface area contributed by atoms with E-state index in [4.69, 9.17) is 4.74 Å². The summed E-state index contributed by atoms with van der Waals surface area (Å²) in [6, 6.07) is 15.0. The molecule has 9 nitrogen and oxygen atoms in total. The van der Waals surface area contributed by atoms with Gasteiger partial charge in [0.25, 0.3) is 0 Å². The largest absolute Gasteiger partial charge is 0.495 e. The molecule has 0 bridgehead atoms. The maximum atomic E-state index is 14.0. The molecular formula is C29H33F2N3O6S. The lowest BCUT2D eigenvalue weighted by molar-refractivity contribution is -0.239. The molecule has 0 aromatic heterocycles. The Kier molecular flexibility index (Phi) is 11.2. The molecule has 3 aromatic carbocycles. The van der Waals surface area contributed by atoms with Crippen LogP contribution in [-0.4, -0.2) is 35.3 Å². The number of hydrogen-bond donors (Lipinski definition) is 3. The third-order valence-electron chi connectivity index (χ3n) is 6.11. The Labute approximate surface area is 238 Å².